The highest BCUT2D eigenvalue weighted by Crippen LogP contribution is 2.27. The number of quaternary nitrogens is 1. The molecule has 120 valence electrons. The molecule has 2 atom stereocenters. The van der Waals surface area contributed by atoms with E-state index in [1.54, 1.807) is 4.90 Å². The molecule has 3 aliphatic rings. The molecule has 4 heteroatoms. The van der Waals surface area contributed by atoms with Crippen LogP contribution in [0.2, 0.25) is 5.02 Å². The van der Waals surface area contributed by atoms with Gasteiger partial charge in [-0.3, -0.25) is 4.79 Å². The fourth-order valence-corrected chi connectivity index (χ4v) is 4.21. The van der Waals surface area contributed by atoms with Crippen LogP contribution in [0.15, 0.2) is 24.3 Å². The maximum atomic E-state index is 12.9. The van der Waals surface area contributed by atoms with Crippen LogP contribution in [0.3, 0.4) is 0 Å². The first-order chi connectivity index (χ1) is 10.5. The lowest BCUT2D eigenvalue weighted by atomic mass is 9.82. The van der Waals surface area contributed by atoms with Gasteiger partial charge in [-0.15, -0.1) is 0 Å². The molecule has 1 amide bonds. The van der Waals surface area contributed by atoms with Crippen molar-refractivity contribution in [2.45, 2.75) is 38.6 Å². The van der Waals surface area contributed by atoms with Gasteiger partial charge in [0.1, 0.15) is 0 Å². The molecule has 3 heterocycles. The normalized spacial score (nSPS) is 28.6. The number of benzene rings is 1. The van der Waals surface area contributed by atoms with E-state index in [1.165, 1.54) is 25.9 Å². The molecule has 3 aliphatic heterocycles. The van der Waals surface area contributed by atoms with Crippen molar-refractivity contribution in [3.8, 4) is 0 Å². The van der Waals surface area contributed by atoms with Crippen LogP contribution in [0.4, 0.5) is 0 Å². The molecule has 22 heavy (non-hydrogen) atoms. The molecule has 3 nitrogen and oxygen atoms in total. The molecule has 0 aliphatic carbocycles. The highest BCUT2D eigenvalue weighted by molar-refractivity contribution is 6.30. The standard InChI is InChI=1S/C18H25ClN2O/c1-12(2)17(14-3-5-15(19)6-4-14)18(22)20-16-11-21-9-7-13(16)8-10-21/h3-6,12-13,16-17H,7-11H2,1-2H3,(H,20,22)/p+1/t16-,17+/m0/s1. The van der Waals surface area contributed by atoms with Crippen molar-refractivity contribution in [2.75, 3.05) is 19.6 Å². The zero-order valence-electron chi connectivity index (χ0n) is 13.4. The van der Waals surface area contributed by atoms with Crippen LogP contribution in [0.1, 0.15) is 38.2 Å². The summed E-state index contributed by atoms with van der Waals surface area (Å²) >= 11 is 5.97. The monoisotopic (exact) mass is 321 g/mol. The van der Waals surface area contributed by atoms with E-state index < -0.39 is 0 Å². The lowest BCUT2D eigenvalue weighted by Gasteiger charge is -2.42. The maximum Gasteiger partial charge on any atom is 0.228 e. The van der Waals surface area contributed by atoms with E-state index in [0.29, 0.717) is 17.0 Å². The SMILES string of the molecule is CC(C)[C@@H](C(=O)N[C@H]1C[NH+]2CCC1CC2)c1ccc(Cl)cc1. The molecule has 0 saturated carbocycles. The maximum absolute atomic E-state index is 12.9. The van der Waals surface area contributed by atoms with E-state index in [4.69, 9.17) is 11.6 Å². The molecule has 4 rings (SSSR count). The van der Waals surface area contributed by atoms with Gasteiger partial charge in [-0.2, -0.15) is 0 Å². The molecule has 2 N–H and O–H groups in total. The number of carbonyl (C=O) groups is 1. The summed E-state index contributed by atoms with van der Waals surface area (Å²) in [5.74, 6) is 1.03. The van der Waals surface area contributed by atoms with E-state index in [1.807, 2.05) is 24.3 Å². The second-order valence-electron chi connectivity index (χ2n) is 7.18. The molecule has 0 unspecified atom stereocenters. The molecule has 3 fully saturated rings. The Hall–Kier alpha value is -1.06. The molecule has 1 aromatic carbocycles. The summed E-state index contributed by atoms with van der Waals surface area (Å²) in [6.07, 6.45) is 2.52. The number of piperidine rings is 3. The lowest BCUT2D eigenvalue weighted by Crippen LogP contribution is -3.17. The Morgan fingerprint density at radius 3 is 2.36 bits per heavy atom. The number of hydrogen-bond donors (Lipinski definition) is 2. The summed E-state index contributed by atoms with van der Waals surface area (Å²) in [6, 6.07) is 8.07. The number of rotatable bonds is 4. The predicted molar refractivity (Wildman–Crippen MR) is 89.2 cm³/mol. The number of amides is 1. The molecule has 0 radical (unpaired) electrons. The van der Waals surface area contributed by atoms with Gasteiger partial charge in [0.15, 0.2) is 0 Å². The predicted octanol–water partition coefficient (Wildman–Crippen LogP) is 1.87. The Kier molecular flexibility index (Phi) is 4.74. The van der Waals surface area contributed by atoms with Crippen molar-refractivity contribution in [1.29, 1.82) is 0 Å². The van der Waals surface area contributed by atoms with Crippen LogP contribution in [-0.4, -0.2) is 31.6 Å². The minimum absolute atomic E-state index is 0.0947. The molecule has 2 bridgehead atoms. The van der Waals surface area contributed by atoms with Gasteiger partial charge in [-0.1, -0.05) is 37.6 Å². The number of halogens is 1. The first kappa shape index (κ1) is 15.8. The Bertz CT molecular complexity index is 520. The van der Waals surface area contributed by atoms with E-state index in [-0.39, 0.29) is 17.7 Å². The van der Waals surface area contributed by atoms with Crippen LogP contribution in [0.5, 0.6) is 0 Å². The molecule has 3 saturated heterocycles. The van der Waals surface area contributed by atoms with Gasteiger partial charge >= 0.3 is 0 Å². The van der Waals surface area contributed by atoms with Crippen LogP contribution in [0.25, 0.3) is 0 Å². The van der Waals surface area contributed by atoms with Crippen molar-refractivity contribution in [3.05, 3.63) is 34.9 Å². The average Bonchev–Trinajstić information content (AvgIpc) is 2.50. The summed E-state index contributed by atoms with van der Waals surface area (Å²) < 4.78 is 0. The van der Waals surface area contributed by atoms with Crippen molar-refractivity contribution in [3.63, 3.8) is 0 Å². The van der Waals surface area contributed by atoms with Crippen LogP contribution in [-0.2, 0) is 4.79 Å². The number of hydrogen-bond acceptors (Lipinski definition) is 1. The number of nitrogens with one attached hydrogen (secondary N) is 2. The zero-order chi connectivity index (χ0) is 15.7. The first-order valence-electron chi connectivity index (χ1n) is 8.44. The Balaban J connectivity index is 1.71. The summed E-state index contributed by atoms with van der Waals surface area (Å²) in [5, 5.41) is 4.07. The van der Waals surface area contributed by atoms with Crippen LogP contribution < -0.4 is 10.2 Å². The van der Waals surface area contributed by atoms with Gasteiger partial charge in [-0.25, -0.2) is 0 Å². The number of carbonyl (C=O) groups excluding carboxylic acids is 1. The van der Waals surface area contributed by atoms with Crippen molar-refractivity contribution < 1.29 is 9.69 Å². The highest BCUT2D eigenvalue weighted by Gasteiger charge is 2.39. The molecular weight excluding hydrogens is 296 g/mol. The Labute approximate surface area is 138 Å². The van der Waals surface area contributed by atoms with E-state index >= 15 is 0 Å². The minimum atomic E-state index is -0.0947. The number of fused-ring (bicyclic) bond motifs is 3. The van der Waals surface area contributed by atoms with E-state index in [2.05, 4.69) is 19.2 Å². The molecular formula is C18H26ClN2O+. The third-order valence-electron chi connectivity index (χ3n) is 5.32. The summed E-state index contributed by atoms with van der Waals surface area (Å²) in [7, 11) is 0. The fraction of sp³-hybridized carbons (Fsp3) is 0.611. The fourth-order valence-electron chi connectivity index (χ4n) is 4.08. The summed E-state index contributed by atoms with van der Waals surface area (Å²) in [6.45, 7) is 7.88. The summed E-state index contributed by atoms with van der Waals surface area (Å²) in [4.78, 5) is 14.5. The molecule has 1 aromatic rings. The summed E-state index contributed by atoms with van der Waals surface area (Å²) in [5.41, 5.74) is 1.06. The highest BCUT2D eigenvalue weighted by atomic mass is 35.5. The second-order valence-corrected chi connectivity index (χ2v) is 7.62. The smallest absolute Gasteiger partial charge is 0.228 e. The topological polar surface area (TPSA) is 33.5 Å². The van der Waals surface area contributed by atoms with Crippen molar-refractivity contribution in [1.82, 2.24) is 5.32 Å². The van der Waals surface area contributed by atoms with Gasteiger partial charge in [0.25, 0.3) is 0 Å². The third kappa shape index (κ3) is 3.31. The van der Waals surface area contributed by atoms with Crippen molar-refractivity contribution in [2.24, 2.45) is 11.8 Å². The largest absolute Gasteiger partial charge is 0.347 e. The molecule has 0 aromatic heterocycles. The van der Waals surface area contributed by atoms with Crippen molar-refractivity contribution >= 4 is 17.5 Å². The van der Waals surface area contributed by atoms with E-state index in [0.717, 1.165) is 12.1 Å². The lowest BCUT2D eigenvalue weighted by molar-refractivity contribution is -0.917. The Morgan fingerprint density at radius 2 is 1.86 bits per heavy atom. The third-order valence-corrected chi connectivity index (χ3v) is 5.57. The van der Waals surface area contributed by atoms with Gasteiger partial charge in [0.2, 0.25) is 5.91 Å². The molecule has 0 spiro atoms. The van der Waals surface area contributed by atoms with Gasteiger partial charge in [0, 0.05) is 17.9 Å². The van der Waals surface area contributed by atoms with Crippen LogP contribution in [0, 0.1) is 11.8 Å². The second kappa shape index (κ2) is 6.59. The average molecular weight is 322 g/mol. The quantitative estimate of drug-likeness (QED) is 0.872. The van der Waals surface area contributed by atoms with E-state index in [9.17, 15) is 4.79 Å². The first-order valence-corrected chi connectivity index (χ1v) is 8.82. The van der Waals surface area contributed by atoms with Gasteiger partial charge in [-0.05, 0) is 29.5 Å². The van der Waals surface area contributed by atoms with Gasteiger partial charge in [0.05, 0.1) is 31.6 Å². The minimum Gasteiger partial charge on any atom is -0.347 e. The Morgan fingerprint density at radius 1 is 1.23 bits per heavy atom. The zero-order valence-corrected chi connectivity index (χ0v) is 14.2. The van der Waals surface area contributed by atoms with Gasteiger partial charge < -0.3 is 10.2 Å². The van der Waals surface area contributed by atoms with Crippen LogP contribution >= 0.6 is 11.6 Å².